The van der Waals surface area contributed by atoms with Crippen LogP contribution in [0.25, 0.3) is 0 Å². The molecular weight excluding hydrogens is 200 g/mol. The minimum absolute atomic E-state index is 0.985. The number of aromatic nitrogens is 2. The molecule has 0 aromatic carbocycles. The van der Waals surface area contributed by atoms with Gasteiger partial charge in [-0.1, -0.05) is 13.3 Å². The van der Waals surface area contributed by atoms with Gasteiger partial charge in [-0.3, -0.25) is 0 Å². The minimum Gasteiger partial charge on any atom is -0.373 e. The molecule has 0 atom stereocenters. The normalized spacial score (nSPS) is 15.5. The lowest BCUT2D eigenvalue weighted by atomic mass is 10.1. The molecule has 0 spiro atoms. The van der Waals surface area contributed by atoms with Gasteiger partial charge >= 0.3 is 0 Å². The molecule has 0 bridgehead atoms. The van der Waals surface area contributed by atoms with E-state index in [4.69, 9.17) is 0 Å². The molecule has 1 aliphatic heterocycles. The van der Waals surface area contributed by atoms with Crippen LogP contribution in [-0.2, 0) is 6.42 Å². The van der Waals surface area contributed by atoms with Crippen molar-refractivity contribution in [3.8, 4) is 0 Å². The van der Waals surface area contributed by atoms with Crippen molar-refractivity contribution in [3.63, 3.8) is 0 Å². The maximum absolute atomic E-state index is 4.46. The summed E-state index contributed by atoms with van der Waals surface area (Å²) in [5.74, 6) is 2.12. The van der Waals surface area contributed by atoms with Crippen molar-refractivity contribution in [2.24, 2.45) is 0 Å². The van der Waals surface area contributed by atoms with Gasteiger partial charge in [0.15, 0.2) is 0 Å². The third kappa shape index (κ3) is 2.10. The molecule has 16 heavy (non-hydrogen) atoms. The van der Waals surface area contributed by atoms with Crippen LogP contribution < -0.4 is 10.2 Å². The number of nitrogens with zero attached hydrogens (tertiary/aromatic N) is 3. The number of hydrogen-bond acceptors (Lipinski definition) is 4. The Kier molecular flexibility index (Phi) is 3.59. The Hall–Kier alpha value is -1.32. The quantitative estimate of drug-likeness (QED) is 0.843. The molecule has 1 aliphatic rings. The molecule has 4 heteroatoms. The Balaban J connectivity index is 2.33. The molecule has 1 saturated heterocycles. The third-order valence-corrected chi connectivity index (χ3v) is 3.07. The summed E-state index contributed by atoms with van der Waals surface area (Å²) in [6.07, 6.45) is 6.40. The van der Waals surface area contributed by atoms with Crippen molar-refractivity contribution >= 4 is 11.6 Å². The maximum Gasteiger partial charge on any atom is 0.137 e. The molecular formula is C12H20N4. The number of rotatable bonds is 4. The van der Waals surface area contributed by atoms with Crippen LogP contribution in [0.2, 0.25) is 0 Å². The summed E-state index contributed by atoms with van der Waals surface area (Å²) in [5.41, 5.74) is 1.27. The molecule has 0 amide bonds. The average Bonchev–Trinajstić information content (AvgIpc) is 2.83. The molecule has 1 fully saturated rings. The van der Waals surface area contributed by atoms with Gasteiger partial charge in [-0.25, -0.2) is 9.97 Å². The van der Waals surface area contributed by atoms with Gasteiger partial charge in [-0.15, -0.1) is 0 Å². The molecule has 2 heterocycles. The zero-order chi connectivity index (χ0) is 11.4. The summed E-state index contributed by atoms with van der Waals surface area (Å²) >= 11 is 0. The van der Waals surface area contributed by atoms with E-state index in [-0.39, 0.29) is 0 Å². The van der Waals surface area contributed by atoms with Crippen LogP contribution in [0.15, 0.2) is 6.33 Å². The largest absolute Gasteiger partial charge is 0.373 e. The maximum atomic E-state index is 4.46. The van der Waals surface area contributed by atoms with E-state index in [1.807, 2.05) is 7.05 Å². The van der Waals surface area contributed by atoms with Crippen molar-refractivity contribution in [1.82, 2.24) is 9.97 Å². The number of nitrogens with one attached hydrogen (secondary N) is 1. The first kappa shape index (κ1) is 11.2. The summed E-state index contributed by atoms with van der Waals surface area (Å²) in [6.45, 7) is 4.47. The van der Waals surface area contributed by atoms with E-state index < -0.39 is 0 Å². The zero-order valence-electron chi connectivity index (χ0n) is 10.2. The molecule has 4 nitrogen and oxygen atoms in total. The lowest BCUT2D eigenvalue weighted by Gasteiger charge is -2.21. The Morgan fingerprint density at radius 1 is 1.31 bits per heavy atom. The lowest BCUT2D eigenvalue weighted by Crippen LogP contribution is -2.21. The van der Waals surface area contributed by atoms with Crippen molar-refractivity contribution in [1.29, 1.82) is 0 Å². The fourth-order valence-corrected chi connectivity index (χ4v) is 2.30. The van der Waals surface area contributed by atoms with Gasteiger partial charge in [-0.05, 0) is 19.3 Å². The number of anilines is 2. The van der Waals surface area contributed by atoms with Crippen LogP contribution in [0.3, 0.4) is 0 Å². The van der Waals surface area contributed by atoms with E-state index in [1.54, 1.807) is 6.33 Å². The smallest absolute Gasteiger partial charge is 0.137 e. The summed E-state index contributed by atoms with van der Waals surface area (Å²) in [5, 5.41) is 3.17. The van der Waals surface area contributed by atoms with Crippen molar-refractivity contribution in [2.75, 3.05) is 30.4 Å². The Labute approximate surface area is 97.1 Å². The third-order valence-electron chi connectivity index (χ3n) is 3.07. The molecule has 0 saturated carbocycles. The van der Waals surface area contributed by atoms with Crippen LogP contribution in [0, 0.1) is 0 Å². The summed E-state index contributed by atoms with van der Waals surface area (Å²) in [6, 6.07) is 0. The second kappa shape index (κ2) is 5.14. The zero-order valence-corrected chi connectivity index (χ0v) is 10.2. The molecule has 88 valence electrons. The van der Waals surface area contributed by atoms with Gasteiger partial charge in [0.1, 0.15) is 18.0 Å². The molecule has 1 N–H and O–H groups in total. The van der Waals surface area contributed by atoms with Crippen LogP contribution >= 0.6 is 0 Å². The predicted octanol–water partition coefficient (Wildman–Crippen LogP) is 2.07. The van der Waals surface area contributed by atoms with E-state index in [1.165, 1.54) is 18.4 Å². The molecule has 0 radical (unpaired) electrons. The lowest BCUT2D eigenvalue weighted by molar-refractivity contribution is 0.859. The highest BCUT2D eigenvalue weighted by molar-refractivity contribution is 5.58. The standard InChI is InChI=1S/C12H20N4/c1-3-6-10-11(13-2)14-9-15-12(10)16-7-4-5-8-16/h9H,3-8H2,1-2H3,(H,13,14,15). The summed E-state index contributed by atoms with van der Waals surface area (Å²) in [7, 11) is 1.93. The fraction of sp³-hybridized carbons (Fsp3) is 0.667. The monoisotopic (exact) mass is 220 g/mol. The first-order valence-electron chi connectivity index (χ1n) is 6.13. The molecule has 1 aromatic heterocycles. The van der Waals surface area contributed by atoms with Crippen LogP contribution in [0.4, 0.5) is 11.6 Å². The predicted molar refractivity (Wildman–Crippen MR) is 67.0 cm³/mol. The van der Waals surface area contributed by atoms with E-state index in [0.29, 0.717) is 0 Å². The number of hydrogen-bond donors (Lipinski definition) is 1. The van der Waals surface area contributed by atoms with Crippen LogP contribution in [-0.4, -0.2) is 30.1 Å². The van der Waals surface area contributed by atoms with E-state index in [9.17, 15) is 0 Å². The highest BCUT2D eigenvalue weighted by Gasteiger charge is 2.19. The molecule has 0 unspecified atom stereocenters. The van der Waals surface area contributed by atoms with Crippen molar-refractivity contribution in [3.05, 3.63) is 11.9 Å². The summed E-state index contributed by atoms with van der Waals surface area (Å²) in [4.78, 5) is 11.1. The minimum atomic E-state index is 0.985. The van der Waals surface area contributed by atoms with Gasteiger partial charge in [0, 0.05) is 25.7 Å². The van der Waals surface area contributed by atoms with Crippen molar-refractivity contribution < 1.29 is 0 Å². The van der Waals surface area contributed by atoms with Gasteiger partial charge in [0.05, 0.1) is 0 Å². The van der Waals surface area contributed by atoms with E-state index in [2.05, 4.69) is 27.1 Å². The molecule has 1 aromatic rings. The highest BCUT2D eigenvalue weighted by Crippen LogP contribution is 2.27. The fourth-order valence-electron chi connectivity index (χ4n) is 2.30. The SMILES string of the molecule is CCCc1c(NC)ncnc1N1CCCC1. The second-order valence-corrected chi connectivity index (χ2v) is 4.22. The van der Waals surface area contributed by atoms with Crippen LogP contribution in [0.5, 0.6) is 0 Å². The van der Waals surface area contributed by atoms with Gasteiger partial charge < -0.3 is 10.2 Å². The Morgan fingerprint density at radius 2 is 2.06 bits per heavy atom. The van der Waals surface area contributed by atoms with E-state index in [0.717, 1.165) is 37.6 Å². The highest BCUT2D eigenvalue weighted by atomic mass is 15.2. The second-order valence-electron chi connectivity index (χ2n) is 4.22. The average molecular weight is 220 g/mol. The summed E-state index contributed by atoms with van der Waals surface area (Å²) < 4.78 is 0. The first-order chi connectivity index (χ1) is 7.86. The van der Waals surface area contributed by atoms with Gasteiger partial charge in [0.25, 0.3) is 0 Å². The first-order valence-corrected chi connectivity index (χ1v) is 6.13. The molecule has 0 aliphatic carbocycles. The van der Waals surface area contributed by atoms with Gasteiger partial charge in [-0.2, -0.15) is 0 Å². The van der Waals surface area contributed by atoms with Gasteiger partial charge in [0.2, 0.25) is 0 Å². The topological polar surface area (TPSA) is 41.1 Å². The Morgan fingerprint density at radius 3 is 2.69 bits per heavy atom. The Bertz CT molecular complexity index is 345. The van der Waals surface area contributed by atoms with Crippen molar-refractivity contribution in [2.45, 2.75) is 32.6 Å². The van der Waals surface area contributed by atoms with Crippen LogP contribution in [0.1, 0.15) is 31.7 Å². The van der Waals surface area contributed by atoms with E-state index >= 15 is 0 Å². The molecule has 2 rings (SSSR count).